The van der Waals surface area contributed by atoms with Crippen LogP contribution < -0.4 is 5.32 Å². The molecule has 0 fully saturated rings. The molecule has 3 aromatic rings. The molecule has 1 N–H and O–H groups in total. The summed E-state index contributed by atoms with van der Waals surface area (Å²) in [7, 11) is 0. The van der Waals surface area contributed by atoms with Crippen LogP contribution in [-0.4, -0.2) is 20.3 Å². The van der Waals surface area contributed by atoms with Crippen molar-refractivity contribution in [3.63, 3.8) is 0 Å². The number of carbonyl (C=O) groups is 1. The number of hydrogen-bond donors (Lipinski definition) is 1. The van der Waals surface area contributed by atoms with Crippen LogP contribution >= 0.6 is 0 Å². The largest absolute Gasteiger partial charge is 0.329 e. The number of rotatable bonds is 2. The van der Waals surface area contributed by atoms with Crippen molar-refractivity contribution in [1.82, 2.24) is 9.55 Å². The zero-order valence-corrected chi connectivity index (χ0v) is 14.4. The van der Waals surface area contributed by atoms with E-state index in [-0.39, 0.29) is 16.4 Å². The zero-order valence-electron chi connectivity index (χ0n) is 14.4. The normalized spacial score (nSPS) is 18.8. The SMILES string of the molecule is O=C1CCCC2=C1C(c1ccccc1[N+](=O)[O-])n1c(nc3ccccc31)N2. The molecule has 5 rings (SSSR count). The Balaban J connectivity index is 1.85. The summed E-state index contributed by atoms with van der Waals surface area (Å²) in [6.07, 6.45) is 1.97. The second-order valence-electron chi connectivity index (χ2n) is 6.81. The van der Waals surface area contributed by atoms with Gasteiger partial charge in [0.2, 0.25) is 5.95 Å². The van der Waals surface area contributed by atoms with E-state index in [0.717, 1.165) is 29.6 Å². The predicted octanol–water partition coefficient (Wildman–Crippen LogP) is 3.97. The fourth-order valence-electron chi connectivity index (χ4n) is 4.15. The summed E-state index contributed by atoms with van der Waals surface area (Å²) >= 11 is 0. The number of para-hydroxylation sites is 3. The number of imidazole rings is 1. The molecule has 0 saturated heterocycles. The lowest BCUT2D eigenvalue weighted by Gasteiger charge is -2.33. The maximum atomic E-state index is 12.9. The van der Waals surface area contributed by atoms with Crippen LogP contribution in [-0.2, 0) is 4.79 Å². The average Bonchev–Trinajstić information content (AvgIpc) is 3.04. The van der Waals surface area contributed by atoms with E-state index in [1.165, 1.54) is 6.07 Å². The van der Waals surface area contributed by atoms with Gasteiger partial charge in [-0.3, -0.25) is 19.5 Å². The maximum absolute atomic E-state index is 12.9. The van der Waals surface area contributed by atoms with Gasteiger partial charge in [0.15, 0.2) is 5.78 Å². The van der Waals surface area contributed by atoms with Gasteiger partial charge >= 0.3 is 0 Å². The number of allylic oxidation sites excluding steroid dienone is 2. The Labute approximate surface area is 154 Å². The molecule has 0 bridgehead atoms. The first kappa shape index (κ1) is 15.7. The number of nitro groups is 1. The highest BCUT2D eigenvalue weighted by molar-refractivity contribution is 6.00. The quantitative estimate of drug-likeness (QED) is 0.552. The molecule has 2 aromatic carbocycles. The van der Waals surface area contributed by atoms with E-state index in [1.54, 1.807) is 18.2 Å². The predicted molar refractivity (Wildman–Crippen MR) is 100 cm³/mol. The molecular weight excluding hydrogens is 344 g/mol. The Morgan fingerprint density at radius 3 is 2.74 bits per heavy atom. The number of Topliss-reactive ketones (excluding diaryl/α,β-unsaturated/α-hetero) is 1. The van der Waals surface area contributed by atoms with Crippen LogP contribution in [0.3, 0.4) is 0 Å². The van der Waals surface area contributed by atoms with Gasteiger partial charge in [0.1, 0.15) is 0 Å². The van der Waals surface area contributed by atoms with Gasteiger partial charge in [0.25, 0.3) is 5.69 Å². The third kappa shape index (κ3) is 2.28. The smallest absolute Gasteiger partial charge is 0.275 e. The molecule has 2 aliphatic rings. The fraction of sp³-hybridized carbons (Fsp3) is 0.200. The minimum absolute atomic E-state index is 0.0124. The second-order valence-corrected chi connectivity index (χ2v) is 6.81. The Bertz CT molecular complexity index is 1150. The monoisotopic (exact) mass is 360 g/mol. The highest BCUT2D eigenvalue weighted by Gasteiger charge is 2.39. The van der Waals surface area contributed by atoms with Crippen LogP contribution in [0.15, 0.2) is 59.8 Å². The van der Waals surface area contributed by atoms with Crippen LogP contribution in [0.5, 0.6) is 0 Å². The van der Waals surface area contributed by atoms with Gasteiger partial charge in [-0.05, 0) is 31.0 Å². The molecule has 0 saturated carbocycles. The van der Waals surface area contributed by atoms with Crippen molar-refractivity contribution in [3.8, 4) is 0 Å². The van der Waals surface area contributed by atoms with Gasteiger partial charge in [-0.2, -0.15) is 0 Å². The van der Waals surface area contributed by atoms with E-state index < -0.39 is 6.04 Å². The van der Waals surface area contributed by atoms with Crippen molar-refractivity contribution in [2.75, 3.05) is 5.32 Å². The lowest BCUT2D eigenvalue weighted by atomic mass is 9.84. The van der Waals surface area contributed by atoms with Gasteiger partial charge in [0.05, 0.1) is 27.6 Å². The molecular formula is C20H16N4O3. The number of nitro benzene ring substituents is 1. The van der Waals surface area contributed by atoms with Crippen LogP contribution in [0.2, 0.25) is 0 Å². The van der Waals surface area contributed by atoms with E-state index in [2.05, 4.69) is 10.3 Å². The van der Waals surface area contributed by atoms with Crippen molar-refractivity contribution in [3.05, 3.63) is 75.5 Å². The van der Waals surface area contributed by atoms with Crippen molar-refractivity contribution >= 4 is 28.5 Å². The van der Waals surface area contributed by atoms with Gasteiger partial charge in [-0.25, -0.2) is 4.98 Å². The highest BCUT2D eigenvalue weighted by Crippen LogP contribution is 2.44. The van der Waals surface area contributed by atoms with E-state index in [0.29, 0.717) is 23.5 Å². The number of hydrogen-bond acceptors (Lipinski definition) is 5. The van der Waals surface area contributed by atoms with Crippen LogP contribution in [0, 0.1) is 10.1 Å². The third-order valence-electron chi connectivity index (χ3n) is 5.27. The number of benzene rings is 2. The Morgan fingerprint density at radius 1 is 1.11 bits per heavy atom. The lowest BCUT2D eigenvalue weighted by molar-refractivity contribution is -0.385. The second kappa shape index (κ2) is 5.77. The molecule has 7 heteroatoms. The van der Waals surface area contributed by atoms with Crippen LogP contribution in [0.25, 0.3) is 11.0 Å². The van der Waals surface area contributed by atoms with Crippen LogP contribution in [0.4, 0.5) is 11.6 Å². The average molecular weight is 360 g/mol. The molecule has 1 atom stereocenters. The van der Waals surface area contributed by atoms with E-state index >= 15 is 0 Å². The number of fused-ring (bicyclic) bond motifs is 3. The fourth-order valence-corrected chi connectivity index (χ4v) is 4.15. The van der Waals surface area contributed by atoms with Gasteiger partial charge in [-0.15, -0.1) is 0 Å². The summed E-state index contributed by atoms with van der Waals surface area (Å²) in [5.41, 5.74) is 3.60. The zero-order chi connectivity index (χ0) is 18.5. The van der Waals surface area contributed by atoms with Crippen molar-refractivity contribution in [2.24, 2.45) is 0 Å². The summed E-state index contributed by atoms with van der Waals surface area (Å²) in [6.45, 7) is 0. The first-order valence-corrected chi connectivity index (χ1v) is 8.88. The van der Waals surface area contributed by atoms with E-state index in [9.17, 15) is 14.9 Å². The third-order valence-corrected chi connectivity index (χ3v) is 5.27. The molecule has 1 aromatic heterocycles. The molecule has 7 nitrogen and oxygen atoms in total. The number of aromatic nitrogens is 2. The topological polar surface area (TPSA) is 90.1 Å². The first-order chi connectivity index (χ1) is 13.1. The van der Waals surface area contributed by atoms with E-state index in [1.807, 2.05) is 28.8 Å². The van der Waals surface area contributed by atoms with Gasteiger partial charge < -0.3 is 5.32 Å². The van der Waals surface area contributed by atoms with Crippen molar-refractivity contribution < 1.29 is 9.72 Å². The standard InChI is InChI=1S/C20H16N4O3/c25-17-11-5-8-14-18(17)19(12-6-1-3-9-15(12)24(26)27)23-16-10-4-2-7-13(16)21-20(23)22-14/h1-4,6-7,9-10,19H,5,8,11H2,(H,21,22). The van der Waals surface area contributed by atoms with E-state index in [4.69, 9.17) is 0 Å². The highest BCUT2D eigenvalue weighted by atomic mass is 16.6. The molecule has 0 spiro atoms. The number of nitrogens with one attached hydrogen (secondary N) is 1. The Morgan fingerprint density at radius 2 is 1.89 bits per heavy atom. The Hall–Kier alpha value is -3.48. The van der Waals surface area contributed by atoms with Crippen molar-refractivity contribution in [1.29, 1.82) is 0 Å². The number of nitrogens with zero attached hydrogens (tertiary/aromatic N) is 3. The molecule has 27 heavy (non-hydrogen) atoms. The summed E-state index contributed by atoms with van der Waals surface area (Å²) in [4.78, 5) is 28.8. The molecule has 1 unspecified atom stereocenters. The van der Waals surface area contributed by atoms with Gasteiger partial charge in [0, 0.05) is 23.8 Å². The number of anilines is 1. The Kier molecular flexibility index (Phi) is 3.36. The number of ketones is 1. The summed E-state index contributed by atoms with van der Waals surface area (Å²) in [5.74, 6) is 0.656. The molecule has 134 valence electrons. The molecule has 1 aliphatic carbocycles. The molecule has 2 heterocycles. The maximum Gasteiger partial charge on any atom is 0.275 e. The summed E-state index contributed by atoms with van der Waals surface area (Å²) < 4.78 is 1.92. The summed E-state index contributed by atoms with van der Waals surface area (Å²) in [5, 5.41) is 15.0. The molecule has 1 aliphatic heterocycles. The van der Waals surface area contributed by atoms with Crippen molar-refractivity contribution in [2.45, 2.75) is 25.3 Å². The lowest BCUT2D eigenvalue weighted by Crippen LogP contribution is -2.31. The molecule has 0 amide bonds. The molecule has 0 radical (unpaired) electrons. The summed E-state index contributed by atoms with van der Waals surface area (Å²) in [6, 6.07) is 13.7. The van der Waals surface area contributed by atoms with Gasteiger partial charge in [-0.1, -0.05) is 24.3 Å². The van der Waals surface area contributed by atoms with Crippen LogP contribution in [0.1, 0.15) is 30.9 Å². The minimum Gasteiger partial charge on any atom is -0.329 e. The first-order valence-electron chi connectivity index (χ1n) is 8.88. The number of carbonyl (C=O) groups excluding carboxylic acids is 1. The minimum atomic E-state index is -0.557.